The molecule has 0 saturated heterocycles. The largest absolute Gasteiger partial charge is 0.320 e. The van der Waals surface area contributed by atoms with Gasteiger partial charge in [-0.1, -0.05) is 6.58 Å². The zero-order chi connectivity index (χ0) is 9.84. The fraction of sp³-hybridized carbons (Fsp3) is 0. The van der Waals surface area contributed by atoms with Crippen LogP contribution in [0, 0.1) is 9.39 Å². The molecule has 0 heterocycles. The van der Waals surface area contributed by atoms with Gasteiger partial charge >= 0.3 is 0 Å². The van der Waals surface area contributed by atoms with Crippen LogP contribution < -0.4 is 5.32 Å². The summed E-state index contributed by atoms with van der Waals surface area (Å²) in [5, 5.41) is 2.35. The molecule has 0 unspecified atom stereocenters. The van der Waals surface area contributed by atoms with Crippen molar-refractivity contribution in [2.75, 3.05) is 5.32 Å². The molecular formula is C9H9FINO. The molecule has 4 heteroatoms. The van der Waals surface area contributed by atoms with E-state index in [-0.39, 0.29) is 7.11 Å². The minimum Gasteiger partial charge on any atom is -0.320 e. The summed E-state index contributed by atoms with van der Waals surface area (Å²) < 4.78 is 13.9. The lowest BCUT2D eigenvalue weighted by Gasteiger charge is -2.03. The predicted molar refractivity (Wildman–Crippen MR) is 60.1 cm³/mol. The van der Waals surface area contributed by atoms with Crippen LogP contribution in [0.25, 0.3) is 0 Å². The molecule has 1 amide bonds. The van der Waals surface area contributed by atoms with E-state index in [1.807, 2.05) is 22.6 Å². The number of nitrogens with one attached hydrogen (secondary N) is 1. The molecule has 0 radical (unpaired) electrons. The maximum Gasteiger partial charge on any atom is 0.247 e. The number of rotatable bonds is 2. The Morgan fingerprint density at radius 1 is 1.69 bits per heavy atom. The minimum absolute atomic E-state index is 0. The van der Waals surface area contributed by atoms with Gasteiger partial charge in [0.2, 0.25) is 5.91 Å². The van der Waals surface area contributed by atoms with Crippen LogP contribution in [0.15, 0.2) is 30.9 Å². The Hall–Kier alpha value is -0.910. The number of hydrogen-bond donors (Lipinski definition) is 1. The molecule has 0 atom stereocenters. The smallest absolute Gasteiger partial charge is 0.247 e. The van der Waals surface area contributed by atoms with Gasteiger partial charge in [0.05, 0.1) is 5.69 Å². The Morgan fingerprint density at radius 2 is 2.38 bits per heavy atom. The molecule has 70 valence electrons. The highest BCUT2D eigenvalue weighted by atomic mass is 127. The fourth-order valence-corrected chi connectivity index (χ4v) is 1.23. The van der Waals surface area contributed by atoms with E-state index in [9.17, 15) is 9.18 Å². The van der Waals surface area contributed by atoms with E-state index in [0.717, 1.165) is 9.65 Å². The number of benzene rings is 1. The Kier molecular flexibility index (Phi) is 3.41. The Morgan fingerprint density at radius 3 is 2.92 bits per heavy atom. The highest BCUT2D eigenvalue weighted by Gasteiger charge is 2.03. The van der Waals surface area contributed by atoms with Gasteiger partial charge in [0, 0.05) is 5.00 Å². The standard InChI is InChI=1S/C9H7FINO.H2/c1-2-9(13)12-8-4-3-6(11)5-7(8)10;/h2-5H,1H2,(H,12,13);1H. The molecule has 2 nitrogen and oxygen atoms in total. The van der Waals surface area contributed by atoms with Gasteiger partial charge in [0.15, 0.2) is 0 Å². The molecular weight excluding hydrogens is 284 g/mol. The van der Waals surface area contributed by atoms with Crippen LogP contribution in [-0.2, 0) is 4.79 Å². The number of amides is 1. The van der Waals surface area contributed by atoms with Crippen molar-refractivity contribution in [3.63, 3.8) is 0 Å². The lowest BCUT2D eigenvalue weighted by atomic mass is 10.3. The number of anilines is 1. The minimum atomic E-state index is -0.442. The van der Waals surface area contributed by atoms with Gasteiger partial charge in [-0.2, -0.15) is 0 Å². The quantitative estimate of drug-likeness (QED) is 0.659. The van der Waals surface area contributed by atoms with Crippen LogP contribution >= 0.6 is 22.6 Å². The number of halogens is 2. The summed E-state index contributed by atoms with van der Waals surface area (Å²) in [6.07, 6.45) is 1.09. The highest BCUT2D eigenvalue weighted by molar-refractivity contribution is 14.1. The van der Waals surface area contributed by atoms with Gasteiger partial charge in [-0.05, 0) is 46.9 Å². The first-order chi connectivity index (χ1) is 6.13. The van der Waals surface area contributed by atoms with Gasteiger partial charge in [-0.15, -0.1) is 0 Å². The molecule has 1 rings (SSSR count). The third-order valence-electron chi connectivity index (χ3n) is 1.37. The van der Waals surface area contributed by atoms with Crippen LogP contribution in [-0.4, -0.2) is 5.91 Å². The summed E-state index contributed by atoms with van der Waals surface area (Å²) in [6.45, 7) is 3.27. The molecule has 13 heavy (non-hydrogen) atoms. The molecule has 0 fully saturated rings. The molecule has 0 aliphatic carbocycles. The zero-order valence-electron chi connectivity index (χ0n) is 6.68. The third kappa shape index (κ3) is 2.80. The summed E-state index contributed by atoms with van der Waals surface area (Å²) in [4.78, 5) is 10.8. The monoisotopic (exact) mass is 293 g/mol. The number of carbonyl (C=O) groups is 1. The average molecular weight is 293 g/mol. The summed E-state index contributed by atoms with van der Waals surface area (Å²) in [5.74, 6) is -0.859. The maximum absolute atomic E-state index is 13.1. The lowest BCUT2D eigenvalue weighted by Crippen LogP contribution is -2.08. The van der Waals surface area contributed by atoms with E-state index in [4.69, 9.17) is 0 Å². The molecule has 0 aliphatic rings. The van der Waals surface area contributed by atoms with Crippen molar-refractivity contribution in [3.05, 3.63) is 40.2 Å². The second-order valence-corrected chi connectivity index (χ2v) is 3.56. The summed E-state index contributed by atoms with van der Waals surface area (Å²) in [5.41, 5.74) is 0.172. The van der Waals surface area contributed by atoms with Crippen LogP contribution in [0.2, 0.25) is 0 Å². The van der Waals surface area contributed by atoms with Crippen molar-refractivity contribution in [2.45, 2.75) is 0 Å². The molecule has 0 bridgehead atoms. The first-order valence-electron chi connectivity index (χ1n) is 3.52. The van der Waals surface area contributed by atoms with Gasteiger partial charge in [-0.3, -0.25) is 4.79 Å². The van der Waals surface area contributed by atoms with Crippen LogP contribution in [0.1, 0.15) is 1.43 Å². The van der Waals surface area contributed by atoms with E-state index < -0.39 is 11.7 Å². The number of hydrogen-bond acceptors (Lipinski definition) is 1. The van der Waals surface area contributed by atoms with E-state index in [1.54, 1.807) is 6.07 Å². The van der Waals surface area contributed by atoms with Crippen molar-refractivity contribution >= 4 is 34.2 Å². The normalized spacial score (nSPS) is 9.38. The average Bonchev–Trinajstić information content (AvgIpc) is 2.09. The van der Waals surface area contributed by atoms with Crippen LogP contribution in [0.5, 0.6) is 0 Å². The molecule has 1 aromatic carbocycles. The Labute approximate surface area is 90.5 Å². The molecule has 0 aromatic heterocycles. The summed E-state index contributed by atoms with van der Waals surface area (Å²) in [6, 6.07) is 4.57. The van der Waals surface area contributed by atoms with E-state index in [2.05, 4.69) is 11.9 Å². The topological polar surface area (TPSA) is 29.1 Å². The molecule has 1 N–H and O–H groups in total. The zero-order valence-corrected chi connectivity index (χ0v) is 8.84. The molecule has 0 saturated carbocycles. The predicted octanol–water partition coefficient (Wildman–Crippen LogP) is 2.80. The first kappa shape index (κ1) is 10.2. The number of carbonyl (C=O) groups excluding carboxylic acids is 1. The van der Waals surface area contributed by atoms with Crippen molar-refractivity contribution in [2.24, 2.45) is 0 Å². The lowest BCUT2D eigenvalue weighted by molar-refractivity contribution is -0.111. The van der Waals surface area contributed by atoms with E-state index in [1.165, 1.54) is 12.1 Å². The second kappa shape index (κ2) is 4.36. The molecule has 1 aromatic rings. The van der Waals surface area contributed by atoms with Gasteiger partial charge in [-0.25, -0.2) is 4.39 Å². The van der Waals surface area contributed by atoms with Crippen LogP contribution in [0.4, 0.5) is 10.1 Å². The Bertz CT molecular complexity index is 357. The van der Waals surface area contributed by atoms with Gasteiger partial charge in [0.1, 0.15) is 5.82 Å². The first-order valence-corrected chi connectivity index (χ1v) is 4.60. The van der Waals surface area contributed by atoms with Crippen molar-refractivity contribution in [1.29, 1.82) is 0 Å². The van der Waals surface area contributed by atoms with E-state index in [0.29, 0.717) is 0 Å². The van der Waals surface area contributed by atoms with Crippen molar-refractivity contribution in [1.82, 2.24) is 0 Å². The van der Waals surface area contributed by atoms with Crippen molar-refractivity contribution < 1.29 is 10.6 Å². The summed E-state index contributed by atoms with van der Waals surface area (Å²) in [7, 11) is 0. The maximum atomic E-state index is 13.1. The van der Waals surface area contributed by atoms with Crippen molar-refractivity contribution in [3.8, 4) is 0 Å². The van der Waals surface area contributed by atoms with E-state index >= 15 is 0 Å². The van der Waals surface area contributed by atoms with Gasteiger partial charge in [0.25, 0.3) is 0 Å². The third-order valence-corrected chi connectivity index (χ3v) is 2.05. The Balaban J connectivity index is 0.00000169. The molecule has 0 spiro atoms. The SMILES string of the molecule is C=CC(=O)Nc1ccc(I)cc1F.[HH]. The van der Waals surface area contributed by atoms with Crippen LogP contribution in [0.3, 0.4) is 0 Å². The fourth-order valence-electron chi connectivity index (χ4n) is 0.775. The highest BCUT2D eigenvalue weighted by Crippen LogP contribution is 2.16. The van der Waals surface area contributed by atoms with Gasteiger partial charge < -0.3 is 5.32 Å². The second-order valence-electron chi connectivity index (χ2n) is 2.32. The molecule has 0 aliphatic heterocycles. The summed E-state index contributed by atoms with van der Waals surface area (Å²) >= 11 is 1.99.